The quantitative estimate of drug-likeness (QED) is 0.745. The van der Waals surface area contributed by atoms with E-state index < -0.39 is 5.91 Å². The third-order valence-corrected chi connectivity index (χ3v) is 2.12. The molecule has 0 spiro atoms. The Labute approximate surface area is 91.9 Å². The molecule has 0 saturated heterocycles. The molecule has 0 aliphatic heterocycles. The summed E-state index contributed by atoms with van der Waals surface area (Å²) in [5.74, 6) is 0.0574. The maximum atomic E-state index is 10.9. The summed E-state index contributed by atoms with van der Waals surface area (Å²) in [5.41, 5.74) is 11.7. The van der Waals surface area contributed by atoms with Crippen LogP contribution in [0.15, 0.2) is 30.6 Å². The molecule has 0 bridgehead atoms. The highest BCUT2D eigenvalue weighted by Crippen LogP contribution is 2.05. The zero-order valence-electron chi connectivity index (χ0n) is 8.50. The van der Waals surface area contributed by atoms with Gasteiger partial charge in [0.1, 0.15) is 5.69 Å². The Bertz CT molecular complexity index is 502. The van der Waals surface area contributed by atoms with Crippen LogP contribution in [0.2, 0.25) is 0 Å². The SMILES string of the molecule is NCc1ccc(-n2ccc(C(N)=O)n2)nc1. The maximum Gasteiger partial charge on any atom is 0.269 e. The topological polar surface area (TPSA) is 99.8 Å². The van der Waals surface area contributed by atoms with Crippen LogP contribution < -0.4 is 11.5 Å². The number of nitrogens with zero attached hydrogens (tertiary/aromatic N) is 3. The molecule has 2 rings (SSSR count). The summed E-state index contributed by atoms with van der Waals surface area (Å²) in [7, 11) is 0. The van der Waals surface area contributed by atoms with E-state index in [9.17, 15) is 4.79 Å². The molecule has 1 amide bonds. The third kappa shape index (κ3) is 1.91. The van der Waals surface area contributed by atoms with Crippen LogP contribution >= 0.6 is 0 Å². The van der Waals surface area contributed by atoms with Crippen molar-refractivity contribution in [3.63, 3.8) is 0 Å². The highest BCUT2D eigenvalue weighted by Gasteiger charge is 2.06. The van der Waals surface area contributed by atoms with Gasteiger partial charge in [0.15, 0.2) is 5.82 Å². The second kappa shape index (κ2) is 4.11. The van der Waals surface area contributed by atoms with Gasteiger partial charge in [-0.15, -0.1) is 0 Å². The van der Waals surface area contributed by atoms with Crippen LogP contribution in [0.1, 0.15) is 16.1 Å². The molecule has 0 aliphatic rings. The number of carbonyl (C=O) groups excluding carboxylic acids is 1. The first-order chi connectivity index (χ1) is 7.70. The van der Waals surface area contributed by atoms with Gasteiger partial charge in [-0.3, -0.25) is 4.79 Å². The van der Waals surface area contributed by atoms with Crippen LogP contribution in [0.5, 0.6) is 0 Å². The Morgan fingerprint density at radius 3 is 2.69 bits per heavy atom. The fraction of sp³-hybridized carbons (Fsp3) is 0.100. The molecule has 6 nitrogen and oxygen atoms in total. The van der Waals surface area contributed by atoms with Gasteiger partial charge in [0.25, 0.3) is 5.91 Å². The van der Waals surface area contributed by atoms with Gasteiger partial charge >= 0.3 is 0 Å². The first-order valence-electron chi connectivity index (χ1n) is 4.71. The van der Waals surface area contributed by atoms with Gasteiger partial charge in [-0.2, -0.15) is 5.10 Å². The Kier molecular flexibility index (Phi) is 2.65. The van der Waals surface area contributed by atoms with E-state index in [1.807, 2.05) is 6.07 Å². The van der Waals surface area contributed by atoms with Crippen LogP contribution in [-0.2, 0) is 6.54 Å². The van der Waals surface area contributed by atoms with Crippen molar-refractivity contribution in [1.82, 2.24) is 14.8 Å². The summed E-state index contributed by atoms with van der Waals surface area (Å²) < 4.78 is 1.49. The minimum absolute atomic E-state index is 0.213. The number of amides is 1. The van der Waals surface area contributed by atoms with Gasteiger partial charge in [0.2, 0.25) is 0 Å². The van der Waals surface area contributed by atoms with Crippen LogP contribution in [0.4, 0.5) is 0 Å². The molecule has 2 aromatic heterocycles. The molecular formula is C10H11N5O. The van der Waals surface area contributed by atoms with E-state index in [-0.39, 0.29) is 5.69 Å². The smallest absolute Gasteiger partial charge is 0.269 e. The largest absolute Gasteiger partial charge is 0.364 e. The van der Waals surface area contributed by atoms with Crippen LogP contribution in [-0.4, -0.2) is 20.7 Å². The van der Waals surface area contributed by atoms with Gasteiger partial charge in [-0.1, -0.05) is 6.07 Å². The van der Waals surface area contributed by atoms with Crippen molar-refractivity contribution in [3.8, 4) is 5.82 Å². The van der Waals surface area contributed by atoms with Gasteiger partial charge in [-0.25, -0.2) is 9.67 Å². The molecule has 0 aromatic carbocycles. The summed E-state index contributed by atoms with van der Waals surface area (Å²) in [6.07, 6.45) is 3.30. The first-order valence-corrected chi connectivity index (χ1v) is 4.71. The fourth-order valence-corrected chi connectivity index (χ4v) is 1.26. The summed E-state index contributed by atoms with van der Waals surface area (Å²) in [6, 6.07) is 5.18. The number of primary amides is 1. The van der Waals surface area contributed by atoms with Crippen LogP contribution in [0, 0.1) is 0 Å². The summed E-state index contributed by atoms with van der Waals surface area (Å²) in [6.45, 7) is 0.443. The normalized spacial score (nSPS) is 10.3. The lowest BCUT2D eigenvalue weighted by molar-refractivity contribution is 0.0995. The molecule has 6 heteroatoms. The van der Waals surface area contributed by atoms with E-state index in [0.717, 1.165) is 5.56 Å². The molecule has 0 fully saturated rings. The summed E-state index contributed by atoms with van der Waals surface area (Å²) in [4.78, 5) is 15.0. The van der Waals surface area contributed by atoms with E-state index in [1.165, 1.54) is 4.68 Å². The molecule has 0 atom stereocenters. The molecule has 2 aromatic rings. The predicted molar refractivity (Wildman–Crippen MR) is 57.8 cm³/mol. The second-order valence-corrected chi connectivity index (χ2v) is 3.24. The molecular weight excluding hydrogens is 206 g/mol. The second-order valence-electron chi connectivity index (χ2n) is 3.24. The summed E-state index contributed by atoms with van der Waals surface area (Å²) in [5, 5.41) is 3.98. The lowest BCUT2D eigenvalue weighted by Crippen LogP contribution is -2.12. The Morgan fingerprint density at radius 1 is 1.38 bits per heavy atom. The number of hydrogen-bond donors (Lipinski definition) is 2. The number of rotatable bonds is 3. The van der Waals surface area contributed by atoms with Gasteiger partial charge in [-0.05, 0) is 17.7 Å². The van der Waals surface area contributed by atoms with Crippen molar-refractivity contribution >= 4 is 5.91 Å². The minimum Gasteiger partial charge on any atom is -0.364 e. The van der Waals surface area contributed by atoms with Gasteiger partial charge in [0, 0.05) is 18.9 Å². The highest BCUT2D eigenvalue weighted by molar-refractivity contribution is 5.90. The number of aromatic nitrogens is 3. The van der Waals surface area contributed by atoms with Crippen molar-refractivity contribution in [3.05, 3.63) is 41.9 Å². The van der Waals surface area contributed by atoms with Crippen LogP contribution in [0.3, 0.4) is 0 Å². The zero-order valence-corrected chi connectivity index (χ0v) is 8.50. The van der Waals surface area contributed by atoms with Crippen molar-refractivity contribution < 1.29 is 4.79 Å². The van der Waals surface area contributed by atoms with Gasteiger partial charge < -0.3 is 11.5 Å². The Balaban J connectivity index is 2.31. The standard InChI is InChI=1S/C10H11N5O/c11-5-7-1-2-9(13-6-7)15-4-3-8(14-15)10(12)16/h1-4,6H,5,11H2,(H2,12,16). The molecule has 0 saturated carbocycles. The Morgan fingerprint density at radius 2 is 2.19 bits per heavy atom. The number of pyridine rings is 1. The van der Waals surface area contributed by atoms with E-state index in [4.69, 9.17) is 11.5 Å². The Hall–Kier alpha value is -2.21. The molecule has 16 heavy (non-hydrogen) atoms. The first kappa shape index (κ1) is 10.3. The zero-order chi connectivity index (χ0) is 11.5. The predicted octanol–water partition coefficient (Wildman–Crippen LogP) is -0.175. The third-order valence-electron chi connectivity index (χ3n) is 2.12. The van der Waals surface area contributed by atoms with Crippen LogP contribution in [0.25, 0.3) is 5.82 Å². The molecule has 0 radical (unpaired) electrons. The molecule has 82 valence electrons. The monoisotopic (exact) mass is 217 g/mol. The lowest BCUT2D eigenvalue weighted by Gasteiger charge is -2.00. The fourth-order valence-electron chi connectivity index (χ4n) is 1.26. The maximum absolute atomic E-state index is 10.9. The van der Waals surface area contributed by atoms with Crippen molar-refractivity contribution in [2.75, 3.05) is 0 Å². The van der Waals surface area contributed by atoms with Crippen molar-refractivity contribution in [1.29, 1.82) is 0 Å². The summed E-state index contributed by atoms with van der Waals surface area (Å²) >= 11 is 0. The number of nitrogens with two attached hydrogens (primary N) is 2. The van der Waals surface area contributed by atoms with E-state index in [0.29, 0.717) is 12.4 Å². The number of carbonyl (C=O) groups is 1. The number of hydrogen-bond acceptors (Lipinski definition) is 4. The molecule has 0 aliphatic carbocycles. The minimum atomic E-state index is -0.558. The molecule has 2 heterocycles. The average molecular weight is 217 g/mol. The average Bonchev–Trinajstić information content (AvgIpc) is 2.78. The highest BCUT2D eigenvalue weighted by atomic mass is 16.1. The van der Waals surface area contributed by atoms with Crippen molar-refractivity contribution in [2.45, 2.75) is 6.54 Å². The van der Waals surface area contributed by atoms with Crippen molar-refractivity contribution in [2.24, 2.45) is 11.5 Å². The van der Waals surface area contributed by atoms with E-state index in [1.54, 1.807) is 24.5 Å². The lowest BCUT2D eigenvalue weighted by atomic mass is 10.3. The van der Waals surface area contributed by atoms with E-state index in [2.05, 4.69) is 10.1 Å². The molecule has 0 unspecified atom stereocenters. The van der Waals surface area contributed by atoms with E-state index >= 15 is 0 Å². The van der Waals surface area contributed by atoms with Gasteiger partial charge in [0.05, 0.1) is 0 Å². The molecule has 4 N–H and O–H groups in total.